The van der Waals surface area contributed by atoms with Crippen molar-refractivity contribution < 1.29 is 5.11 Å². The molecular weight excluding hydrogens is 260 g/mol. The van der Waals surface area contributed by atoms with E-state index >= 15 is 0 Å². The molecule has 1 aliphatic carbocycles. The van der Waals surface area contributed by atoms with Gasteiger partial charge in [0, 0.05) is 6.54 Å². The summed E-state index contributed by atoms with van der Waals surface area (Å²) in [5, 5.41) is 14.0. The number of phenolic OH excluding ortho intramolecular Hbond substituents is 1. The lowest BCUT2D eigenvalue weighted by Crippen LogP contribution is -2.21. The van der Waals surface area contributed by atoms with E-state index in [0.29, 0.717) is 10.9 Å². The minimum atomic E-state index is 0.173. The smallest absolute Gasteiger partial charge is 0.145 e. The Morgan fingerprint density at radius 2 is 2.21 bits per heavy atom. The number of nitrogens with zero attached hydrogens (tertiary/aromatic N) is 1. The molecule has 0 radical (unpaired) electrons. The Morgan fingerprint density at radius 3 is 2.84 bits per heavy atom. The highest BCUT2D eigenvalue weighted by atomic mass is 35.5. The summed E-state index contributed by atoms with van der Waals surface area (Å²) in [6, 6.07) is 3.86. The second-order valence-electron chi connectivity index (χ2n) is 5.63. The summed E-state index contributed by atoms with van der Waals surface area (Å²) in [4.78, 5) is 4.45. The van der Waals surface area contributed by atoms with E-state index in [0.717, 1.165) is 30.4 Å². The predicted molar refractivity (Wildman–Crippen MR) is 78.3 cm³/mol. The molecule has 0 bridgehead atoms. The van der Waals surface area contributed by atoms with Gasteiger partial charge in [-0.3, -0.25) is 4.99 Å². The van der Waals surface area contributed by atoms with E-state index in [1.165, 1.54) is 24.8 Å². The molecule has 0 amide bonds. The lowest BCUT2D eigenvalue weighted by molar-refractivity contribution is 0.472. The number of benzene rings is 1. The summed E-state index contributed by atoms with van der Waals surface area (Å²) < 4.78 is 0. The lowest BCUT2D eigenvalue weighted by atomic mass is 9.91. The van der Waals surface area contributed by atoms with Crippen molar-refractivity contribution in [1.82, 2.24) is 5.32 Å². The first kappa shape index (κ1) is 12.8. The van der Waals surface area contributed by atoms with E-state index in [4.69, 9.17) is 11.6 Å². The third-order valence-corrected chi connectivity index (χ3v) is 4.51. The van der Waals surface area contributed by atoms with Crippen LogP contribution in [-0.4, -0.2) is 24.0 Å². The summed E-state index contributed by atoms with van der Waals surface area (Å²) in [6.07, 6.45) is 3.62. The van der Waals surface area contributed by atoms with Crippen molar-refractivity contribution in [2.24, 2.45) is 10.9 Å². The molecule has 102 valence electrons. The first-order valence-electron chi connectivity index (χ1n) is 6.97. The predicted octanol–water partition coefficient (Wildman–Crippen LogP) is 3.30. The van der Waals surface area contributed by atoms with Crippen LogP contribution in [0, 0.1) is 5.92 Å². The molecule has 3 nitrogen and oxygen atoms in total. The van der Waals surface area contributed by atoms with Crippen LogP contribution in [0.2, 0.25) is 5.02 Å². The first-order chi connectivity index (χ1) is 9.16. The minimum absolute atomic E-state index is 0.173. The first-order valence-corrected chi connectivity index (χ1v) is 7.34. The lowest BCUT2D eigenvalue weighted by Gasteiger charge is -2.18. The van der Waals surface area contributed by atoms with Crippen molar-refractivity contribution in [2.75, 3.05) is 13.1 Å². The Kier molecular flexibility index (Phi) is 3.40. The van der Waals surface area contributed by atoms with Gasteiger partial charge in [-0.1, -0.05) is 31.0 Å². The zero-order chi connectivity index (χ0) is 13.4. The average Bonchev–Trinajstić information content (AvgIpc) is 3.03. The summed E-state index contributed by atoms with van der Waals surface area (Å²) in [6.45, 7) is 3.89. The fourth-order valence-corrected chi connectivity index (χ4v) is 3.38. The fraction of sp³-hybridized carbons (Fsp3) is 0.533. The Hall–Kier alpha value is -1.22. The Labute approximate surface area is 118 Å². The van der Waals surface area contributed by atoms with Crippen LogP contribution in [0.4, 0.5) is 0 Å². The molecule has 0 aromatic heterocycles. The normalized spacial score (nSPS) is 26.3. The van der Waals surface area contributed by atoms with Gasteiger partial charge in [-0.05, 0) is 36.3 Å². The summed E-state index contributed by atoms with van der Waals surface area (Å²) >= 11 is 6.07. The molecule has 2 N–H and O–H groups in total. The summed E-state index contributed by atoms with van der Waals surface area (Å²) in [5.41, 5.74) is 2.02. The van der Waals surface area contributed by atoms with Gasteiger partial charge in [-0.25, -0.2) is 0 Å². The maximum Gasteiger partial charge on any atom is 0.145 e. The van der Waals surface area contributed by atoms with E-state index in [1.54, 1.807) is 6.07 Å². The van der Waals surface area contributed by atoms with Gasteiger partial charge < -0.3 is 10.4 Å². The van der Waals surface area contributed by atoms with Crippen LogP contribution in [0.5, 0.6) is 5.75 Å². The van der Waals surface area contributed by atoms with Crippen molar-refractivity contribution in [3.63, 3.8) is 0 Å². The van der Waals surface area contributed by atoms with Crippen molar-refractivity contribution >= 4 is 17.4 Å². The van der Waals surface area contributed by atoms with Gasteiger partial charge in [0.1, 0.15) is 11.6 Å². The number of aliphatic imine (C=N–C) groups is 1. The van der Waals surface area contributed by atoms with Gasteiger partial charge in [0.25, 0.3) is 0 Å². The van der Waals surface area contributed by atoms with Gasteiger partial charge in [0.15, 0.2) is 0 Å². The number of halogens is 1. The molecular formula is C15H19ClN2O. The molecule has 0 saturated heterocycles. The molecule has 2 unspecified atom stereocenters. The maximum absolute atomic E-state index is 10.3. The molecule has 1 heterocycles. The second-order valence-corrected chi connectivity index (χ2v) is 6.04. The Morgan fingerprint density at radius 1 is 1.37 bits per heavy atom. The second kappa shape index (κ2) is 5.04. The number of hydrogen-bond acceptors (Lipinski definition) is 3. The molecule has 4 heteroatoms. The van der Waals surface area contributed by atoms with E-state index in [-0.39, 0.29) is 5.75 Å². The van der Waals surface area contributed by atoms with Crippen LogP contribution in [0.15, 0.2) is 17.1 Å². The number of phenols is 1. The van der Waals surface area contributed by atoms with Crippen LogP contribution < -0.4 is 5.32 Å². The zero-order valence-electron chi connectivity index (χ0n) is 11.1. The van der Waals surface area contributed by atoms with Gasteiger partial charge in [-0.15, -0.1) is 0 Å². The van der Waals surface area contributed by atoms with Crippen LogP contribution in [0.3, 0.4) is 0 Å². The molecule has 0 spiro atoms. The maximum atomic E-state index is 10.3. The van der Waals surface area contributed by atoms with E-state index in [1.807, 2.05) is 0 Å². The number of nitrogens with one attached hydrogen (secondary N) is 1. The molecule has 1 aromatic rings. The zero-order valence-corrected chi connectivity index (χ0v) is 11.9. The highest BCUT2D eigenvalue weighted by Crippen LogP contribution is 2.42. The van der Waals surface area contributed by atoms with E-state index in [2.05, 4.69) is 23.3 Å². The highest BCUT2D eigenvalue weighted by Gasteiger charge is 2.28. The average molecular weight is 279 g/mol. The van der Waals surface area contributed by atoms with Gasteiger partial charge in [0.05, 0.1) is 17.1 Å². The van der Waals surface area contributed by atoms with Gasteiger partial charge in [-0.2, -0.15) is 0 Å². The Bertz CT molecular complexity index is 527. The molecule has 1 aromatic carbocycles. The largest absolute Gasteiger partial charge is 0.506 e. The Balaban J connectivity index is 2.06. The topological polar surface area (TPSA) is 44.6 Å². The monoisotopic (exact) mass is 278 g/mol. The number of rotatable bonds is 2. The van der Waals surface area contributed by atoms with Crippen molar-refractivity contribution in [1.29, 1.82) is 0 Å². The van der Waals surface area contributed by atoms with Gasteiger partial charge >= 0.3 is 0 Å². The molecule has 1 saturated carbocycles. The quantitative estimate of drug-likeness (QED) is 0.872. The highest BCUT2D eigenvalue weighted by molar-refractivity contribution is 6.32. The van der Waals surface area contributed by atoms with Crippen molar-refractivity contribution in [3.8, 4) is 5.75 Å². The van der Waals surface area contributed by atoms with E-state index in [9.17, 15) is 5.11 Å². The molecule has 19 heavy (non-hydrogen) atoms. The van der Waals surface area contributed by atoms with Crippen LogP contribution >= 0.6 is 11.6 Å². The van der Waals surface area contributed by atoms with Crippen LogP contribution in [-0.2, 0) is 0 Å². The summed E-state index contributed by atoms with van der Waals surface area (Å²) in [5.74, 6) is 2.24. The molecule has 1 fully saturated rings. The minimum Gasteiger partial charge on any atom is -0.506 e. The number of aromatic hydroxyl groups is 1. The van der Waals surface area contributed by atoms with Crippen molar-refractivity contribution in [3.05, 3.63) is 28.3 Å². The third kappa shape index (κ3) is 2.32. The molecule has 3 rings (SSSR count). The summed E-state index contributed by atoms with van der Waals surface area (Å²) in [7, 11) is 0. The standard InChI is InChI=1S/C15H19ClN2O/c1-9-2-3-10(8-9)11-4-5-12(16)14(19)13(11)15-17-6-7-18-15/h4-5,9-10,19H,2-3,6-8H2,1H3,(H,17,18). The molecule has 2 atom stereocenters. The number of amidine groups is 1. The third-order valence-electron chi connectivity index (χ3n) is 4.21. The van der Waals surface area contributed by atoms with Crippen LogP contribution in [0.25, 0.3) is 0 Å². The van der Waals surface area contributed by atoms with E-state index < -0.39 is 0 Å². The van der Waals surface area contributed by atoms with Crippen LogP contribution in [0.1, 0.15) is 43.2 Å². The molecule has 1 aliphatic heterocycles. The molecule has 2 aliphatic rings. The SMILES string of the molecule is CC1CCC(c2ccc(Cl)c(O)c2C2=NCCN2)C1. The van der Waals surface area contributed by atoms with Crippen molar-refractivity contribution in [2.45, 2.75) is 32.1 Å². The fourth-order valence-electron chi connectivity index (χ4n) is 3.23. The van der Waals surface area contributed by atoms with Gasteiger partial charge in [0.2, 0.25) is 0 Å². The number of hydrogen-bond donors (Lipinski definition) is 2.